The molecular formula is C23H22F3N5O3. The summed E-state index contributed by atoms with van der Waals surface area (Å²) in [5, 5.41) is 0. The summed E-state index contributed by atoms with van der Waals surface area (Å²) in [5.41, 5.74) is 9.28. The van der Waals surface area contributed by atoms with Gasteiger partial charge in [-0.05, 0) is 29.3 Å². The molecule has 0 aliphatic carbocycles. The van der Waals surface area contributed by atoms with Crippen LogP contribution in [-0.4, -0.2) is 45.2 Å². The Morgan fingerprint density at radius 1 is 1.24 bits per heavy atom. The number of ether oxygens (including phenoxy) is 1. The van der Waals surface area contributed by atoms with Crippen molar-refractivity contribution >= 4 is 28.7 Å². The minimum Gasteiger partial charge on any atom is -0.383 e. The van der Waals surface area contributed by atoms with Gasteiger partial charge in [-0.15, -0.1) is 0 Å². The molecule has 178 valence electrons. The first kappa shape index (κ1) is 22.2. The molecule has 1 aromatic carbocycles. The van der Waals surface area contributed by atoms with Gasteiger partial charge in [-0.25, -0.2) is 4.98 Å². The number of pyridine rings is 1. The number of fused-ring (bicyclic) bond motifs is 4. The van der Waals surface area contributed by atoms with Gasteiger partial charge in [0, 0.05) is 38.2 Å². The smallest absolute Gasteiger partial charge is 0.383 e. The zero-order chi connectivity index (χ0) is 24.4. The van der Waals surface area contributed by atoms with Crippen molar-refractivity contribution in [2.45, 2.75) is 38.9 Å². The van der Waals surface area contributed by atoms with Gasteiger partial charge in [0.1, 0.15) is 11.5 Å². The monoisotopic (exact) mass is 473 g/mol. The molecule has 2 aromatic heterocycles. The van der Waals surface area contributed by atoms with Gasteiger partial charge in [-0.2, -0.15) is 13.2 Å². The first-order valence-electron chi connectivity index (χ1n) is 10.6. The Morgan fingerprint density at radius 2 is 1.97 bits per heavy atom. The van der Waals surface area contributed by atoms with Crippen LogP contribution in [0.1, 0.15) is 51.3 Å². The van der Waals surface area contributed by atoms with Crippen LogP contribution in [-0.2, 0) is 35.5 Å². The summed E-state index contributed by atoms with van der Waals surface area (Å²) in [4.78, 5) is 35.9. The van der Waals surface area contributed by atoms with Crippen LogP contribution in [0.3, 0.4) is 0 Å². The van der Waals surface area contributed by atoms with E-state index in [1.807, 2.05) is 0 Å². The van der Waals surface area contributed by atoms with Crippen molar-refractivity contribution in [3.05, 3.63) is 57.8 Å². The van der Waals surface area contributed by atoms with Gasteiger partial charge in [-0.1, -0.05) is 6.07 Å². The fraction of sp³-hybridized carbons (Fsp3) is 0.348. The second-order valence-electron chi connectivity index (χ2n) is 8.63. The molecule has 3 N–H and O–H groups in total. The maximum absolute atomic E-state index is 13.4. The highest BCUT2D eigenvalue weighted by atomic mass is 19.4. The molecule has 2 aliphatic rings. The first-order chi connectivity index (χ1) is 16.0. The minimum absolute atomic E-state index is 0.0504. The van der Waals surface area contributed by atoms with Gasteiger partial charge in [0.25, 0.3) is 5.91 Å². The third kappa shape index (κ3) is 3.56. The van der Waals surface area contributed by atoms with Crippen LogP contribution in [0.2, 0.25) is 0 Å². The first-order valence-corrected chi connectivity index (χ1v) is 10.6. The lowest BCUT2D eigenvalue weighted by Gasteiger charge is -2.39. The summed E-state index contributed by atoms with van der Waals surface area (Å²) in [5.74, 6) is -0.314. The second-order valence-corrected chi connectivity index (χ2v) is 8.63. The molecule has 3 aromatic rings. The molecule has 0 bridgehead atoms. The fourth-order valence-electron chi connectivity index (χ4n) is 4.68. The number of nitrogens with one attached hydrogen (secondary N) is 1. The molecule has 2 amide bonds. The molecule has 4 heterocycles. The average molecular weight is 473 g/mol. The number of nitrogen functional groups attached to an aromatic ring is 1. The quantitative estimate of drug-likeness (QED) is 0.594. The van der Waals surface area contributed by atoms with E-state index in [-0.39, 0.29) is 30.6 Å². The van der Waals surface area contributed by atoms with E-state index in [4.69, 9.17) is 10.5 Å². The number of likely N-dealkylation sites (N-methyl/N-ethyl adjacent to an activating group) is 1. The number of aromatic nitrogens is 2. The SMILES string of the molecule is CC(=O)N1Cc2cc(C(F)(F)F)ccc2C(N(C)C(=O)c2cc3nc(N)c4c(c3[nH]2)COC4)C1. The molecule has 8 nitrogen and oxygen atoms in total. The van der Waals surface area contributed by atoms with E-state index >= 15 is 0 Å². The van der Waals surface area contributed by atoms with Crippen molar-refractivity contribution in [3.8, 4) is 0 Å². The molecule has 5 rings (SSSR count). The zero-order valence-corrected chi connectivity index (χ0v) is 18.5. The fourth-order valence-corrected chi connectivity index (χ4v) is 4.68. The van der Waals surface area contributed by atoms with Crippen LogP contribution in [0.4, 0.5) is 19.0 Å². The summed E-state index contributed by atoms with van der Waals surface area (Å²) in [6, 6.07) is 4.42. The summed E-state index contributed by atoms with van der Waals surface area (Å²) in [6.45, 7) is 2.28. The van der Waals surface area contributed by atoms with Crippen LogP contribution < -0.4 is 5.73 Å². The van der Waals surface area contributed by atoms with Gasteiger partial charge in [0.05, 0.1) is 35.9 Å². The Kier molecular flexibility index (Phi) is 5.05. The third-order valence-corrected chi connectivity index (χ3v) is 6.55. The molecule has 34 heavy (non-hydrogen) atoms. The topological polar surface area (TPSA) is 105 Å². The highest BCUT2D eigenvalue weighted by Crippen LogP contribution is 2.37. The summed E-state index contributed by atoms with van der Waals surface area (Å²) in [7, 11) is 1.57. The number of rotatable bonds is 2. The Labute approximate surface area is 192 Å². The van der Waals surface area contributed by atoms with E-state index < -0.39 is 17.8 Å². The molecule has 1 atom stereocenters. The van der Waals surface area contributed by atoms with Crippen molar-refractivity contribution in [2.75, 3.05) is 19.3 Å². The standard InChI is InChI=1S/C23H22F3N5O3/c1-11(32)31-7-12-5-13(23(24,25)26)3-4-14(12)19(8-31)30(2)22(33)18-6-17-20(28-18)15-9-34-10-16(15)21(27)29-17/h3-6,19,28H,7-10H2,1-2H3,(H2,27,29). The van der Waals surface area contributed by atoms with E-state index in [1.165, 1.54) is 22.8 Å². The van der Waals surface area contributed by atoms with Crippen molar-refractivity contribution in [1.29, 1.82) is 0 Å². The maximum Gasteiger partial charge on any atom is 0.416 e. The van der Waals surface area contributed by atoms with E-state index in [0.29, 0.717) is 41.2 Å². The Hall–Kier alpha value is -3.60. The lowest BCUT2D eigenvalue weighted by molar-refractivity contribution is -0.137. The number of aromatic amines is 1. The normalized spacial score (nSPS) is 17.6. The number of hydrogen-bond acceptors (Lipinski definition) is 5. The number of benzene rings is 1. The van der Waals surface area contributed by atoms with Crippen molar-refractivity contribution < 1.29 is 27.5 Å². The molecular weight excluding hydrogens is 451 g/mol. The molecule has 11 heteroatoms. The highest BCUT2D eigenvalue weighted by molar-refractivity contribution is 5.98. The van der Waals surface area contributed by atoms with E-state index in [2.05, 4.69) is 9.97 Å². The predicted octanol–water partition coefficient (Wildman–Crippen LogP) is 3.37. The third-order valence-electron chi connectivity index (χ3n) is 6.55. The number of alkyl halides is 3. The van der Waals surface area contributed by atoms with Crippen LogP contribution in [0.5, 0.6) is 0 Å². The number of nitrogens with zero attached hydrogens (tertiary/aromatic N) is 3. The molecule has 1 unspecified atom stereocenters. The highest BCUT2D eigenvalue weighted by Gasteiger charge is 2.36. The zero-order valence-electron chi connectivity index (χ0n) is 18.5. The lowest BCUT2D eigenvalue weighted by Crippen LogP contribution is -2.44. The van der Waals surface area contributed by atoms with Crippen molar-refractivity contribution in [1.82, 2.24) is 19.8 Å². The Balaban J connectivity index is 1.52. The molecule has 0 saturated carbocycles. The minimum atomic E-state index is -4.51. The van der Waals surface area contributed by atoms with Gasteiger partial charge in [-0.3, -0.25) is 9.59 Å². The Bertz CT molecular complexity index is 1330. The lowest BCUT2D eigenvalue weighted by atomic mass is 9.92. The number of carbonyl (C=O) groups excluding carboxylic acids is 2. The predicted molar refractivity (Wildman–Crippen MR) is 116 cm³/mol. The van der Waals surface area contributed by atoms with Gasteiger partial charge in [0.2, 0.25) is 5.91 Å². The van der Waals surface area contributed by atoms with E-state index in [0.717, 1.165) is 23.3 Å². The molecule has 2 aliphatic heterocycles. The number of hydrogen-bond donors (Lipinski definition) is 2. The summed E-state index contributed by atoms with van der Waals surface area (Å²) >= 11 is 0. The van der Waals surface area contributed by atoms with Gasteiger partial charge >= 0.3 is 6.18 Å². The molecule has 0 radical (unpaired) electrons. The average Bonchev–Trinajstić information content (AvgIpc) is 3.43. The van der Waals surface area contributed by atoms with Gasteiger partial charge < -0.3 is 25.3 Å². The molecule has 0 spiro atoms. The van der Waals surface area contributed by atoms with Crippen molar-refractivity contribution in [3.63, 3.8) is 0 Å². The van der Waals surface area contributed by atoms with Crippen molar-refractivity contribution in [2.24, 2.45) is 0 Å². The van der Waals surface area contributed by atoms with Gasteiger partial charge in [0.15, 0.2) is 0 Å². The van der Waals surface area contributed by atoms with E-state index in [1.54, 1.807) is 13.1 Å². The summed E-state index contributed by atoms with van der Waals surface area (Å²) < 4.78 is 45.3. The Morgan fingerprint density at radius 3 is 2.68 bits per heavy atom. The number of amides is 2. The summed E-state index contributed by atoms with van der Waals surface area (Å²) in [6.07, 6.45) is -4.51. The van der Waals surface area contributed by atoms with E-state index in [9.17, 15) is 22.8 Å². The largest absolute Gasteiger partial charge is 0.416 e. The maximum atomic E-state index is 13.4. The number of H-pyrrole nitrogens is 1. The molecule has 0 saturated heterocycles. The van der Waals surface area contributed by atoms with Crippen LogP contribution in [0, 0.1) is 0 Å². The number of halogens is 3. The number of anilines is 1. The molecule has 0 fully saturated rings. The van der Waals surface area contributed by atoms with Crippen LogP contribution in [0.15, 0.2) is 24.3 Å². The second kappa shape index (κ2) is 7.73. The van der Waals surface area contributed by atoms with Crippen LogP contribution >= 0.6 is 0 Å². The number of carbonyl (C=O) groups is 2. The van der Waals surface area contributed by atoms with Crippen LogP contribution in [0.25, 0.3) is 11.0 Å². The number of nitrogens with two attached hydrogens (primary N) is 1.